The van der Waals surface area contributed by atoms with Crippen LogP contribution in [0.4, 0.5) is 0 Å². The van der Waals surface area contributed by atoms with E-state index in [-0.39, 0.29) is 12.5 Å². The third-order valence-electron chi connectivity index (χ3n) is 2.71. The predicted octanol–water partition coefficient (Wildman–Crippen LogP) is 3.36. The van der Waals surface area contributed by atoms with Crippen molar-refractivity contribution < 1.29 is 18.8 Å². The van der Waals surface area contributed by atoms with Crippen LogP contribution in [0.2, 0.25) is 0 Å². The molecular formula is C14H15BrN2O4. The lowest BCUT2D eigenvalue weighted by Crippen LogP contribution is -2.01. The first-order valence-electron chi connectivity index (χ1n) is 6.33. The van der Waals surface area contributed by atoms with Gasteiger partial charge in [0.05, 0.1) is 11.6 Å². The number of halogens is 1. The van der Waals surface area contributed by atoms with Crippen LogP contribution in [0.1, 0.15) is 41.8 Å². The van der Waals surface area contributed by atoms with Gasteiger partial charge in [0.15, 0.2) is 18.1 Å². The summed E-state index contributed by atoms with van der Waals surface area (Å²) in [5.41, 5.74) is 0.493. The summed E-state index contributed by atoms with van der Waals surface area (Å²) in [6, 6.07) is 3.25. The van der Waals surface area contributed by atoms with Crippen molar-refractivity contribution >= 4 is 22.2 Å². The van der Waals surface area contributed by atoms with E-state index in [9.17, 15) is 4.79 Å². The van der Waals surface area contributed by atoms with Crippen LogP contribution >= 0.6 is 15.9 Å². The maximum Gasteiger partial charge on any atom is 0.229 e. The molecule has 1 aromatic carbocycles. The molecular weight excluding hydrogens is 340 g/mol. The van der Waals surface area contributed by atoms with Gasteiger partial charge in [-0.3, -0.25) is 4.79 Å². The van der Waals surface area contributed by atoms with Crippen molar-refractivity contribution in [1.29, 1.82) is 0 Å². The zero-order chi connectivity index (χ0) is 15.4. The Morgan fingerprint density at radius 3 is 2.76 bits per heavy atom. The molecule has 0 aliphatic carbocycles. The molecule has 1 aromatic heterocycles. The van der Waals surface area contributed by atoms with E-state index in [0.29, 0.717) is 33.3 Å². The van der Waals surface area contributed by atoms with Crippen molar-refractivity contribution in [2.24, 2.45) is 0 Å². The normalized spacial score (nSPS) is 10.7. The van der Waals surface area contributed by atoms with Gasteiger partial charge in [0.1, 0.15) is 6.29 Å². The van der Waals surface area contributed by atoms with E-state index in [1.807, 2.05) is 13.8 Å². The number of aldehydes is 1. The second-order valence-corrected chi connectivity index (χ2v) is 5.50. The van der Waals surface area contributed by atoms with E-state index < -0.39 is 0 Å². The fraction of sp³-hybridized carbons (Fsp3) is 0.357. The van der Waals surface area contributed by atoms with E-state index in [0.717, 1.165) is 6.29 Å². The Balaban J connectivity index is 2.17. The van der Waals surface area contributed by atoms with Gasteiger partial charge in [-0.15, -0.1) is 0 Å². The summed E-state index contributed by atoms with van der Waals surface area (Å²) in [6.45, 7) is 4.08. The van der Waals surface area contributed by atoms with Crippen LogP contribution < -0.4 is 9.47 Å². The first kappa shape index (κ1) is 15.5. The highest BCUT2D eigenvalue weighted by Gasteiger charge is 2.14. The monoisotopic (exact) mass is 354 g/mol. The molecule has 0 spiro atoms. The molecule has 0 saturated heterocycles. The molecule has 21 heavy (non-hydrogen) atoms. The molecule has 2 aromatic rings. The van der Waals surface area contributed by atoms with Gasteiger partial charge >= 0.3 is 0 Å². The highest BCUT2D eigenvalue weighted by Crippen LogP contribution is 2.36. The topological polar surface area (TPSA) is 74.5 Å². The Labute approximate surface area is 130 Å². The van der Waals surface area contributed by atoms with Gasteiger partial charge in [0.25, 0.3) is 0 Å². The van der Waals surface area contributed by atoms with Crippen LogP contribution in [0.15, 0.2) is 21.1 Å². The summed E-state index contributed by atoms with van der Waals surface area (Å²) >= 11 is 3.35. The fourth-order valence-electron chi connectivity index (χ4n) is 1.65. The fourth-order valence-corrected chi connectivity index (χ4v) is 2.22. The van der Waals surface area contributed by atoms with Gasteiger partial charge in [0, 0.05) is 11.5 Å². The SMILES string of the molecule is COc1cc(C=O)cc(Br)c1OCc1noc(C(C)C)n1. The number of carbonyl (C=O) groups excluding carboxylic acids is 1. The van der Waals surface area contributed by atoms with Crippen molar-refractivity contribution in [1.82, 2.24) is 10.1 Å². The molecule has 0 atom stereocenters. The van der Waals surface area contributed by atoms with Crippen molar-refractivity contribution in [3.05, 3.63) is 33.9 Å². The van der Waals surface area contributed by atoms with E-state index in [2.05, 4.69) is 26.1 Å². The third-order valence-corrected chi connectivity index (χ3v) is 3.30. The minimum Gasteiger partial charge on any atom is -0.493 e. The van der Waals surface area contributed by atoms with Crippen molar-refractivity contribution in [2.45, 2.75) is 26.4 Å². The van der Waals surface area contributed by atoms with E-state index in [4.69, 9.17) is 14.0 Å². The molecule has 0 bridgehead atoms. The van der Waals surface area contributed by atoms with E-state index >= 15 is 0 Å². The molecule has 0 radical (unpaired) electrons. The van der Waals surface area contributed by atoms with E-state index in [1.165, 1.54) is 7.11 Å². The molecule has 6 nitrogen and oxygen atoms in total. The van der Waals surface area contributed by atoms with Gasteiger partial charge < -0.3 is 14.0 Å². The lowest BCUT2D eigenvalue weighted by atomic mass is 10.2. The summed E-state index contributed by atoms with van der Waals surface area (Å²) in [4.78, 5) is 15.1. The van der Waals surface area contributed by atoms with Crippen LogP contribution in [-0.2, 0) is 6.61 Å². The lowest BCUT2D eigenvalue weighted by molar-refractivity contribution is 0.112. The largest absolute Gasteiger partial charge is 0.493 e. The lowest BCUT2D eigenvalue weighted by Gasteiger charge is -2.11. The average Bonchev–Trinajstić information content (AvgIpc) is 2.94. The number of hydrogen-bond acceptors (Lipinski definition) is 6. The molecule has 0 saturated carbocycles. The Kier molecular flexibility index (Phi) is 4.95. The summed E-state index contributed by atoms with van der Waals surface area (Å²) in [6.07, 6.45) is 0.741. The van der Waals surface area contributed by atoms with Gasteiger partial charge in [-0.25, -0.2) is 0 Å². The molecule has 2 rings (SSSR count). The average molecular weight is 355 g/mol. The number of nitrogens with zero attached hydrogens (tertiary/aromatic N) is 2. The van der Waals surface area contributed by atoms with Crippen LogP contribution in [0, 0.1) is 0 Å². The molecule has 0 N–H and O–H groups in total. The van der Waals surface area contributed by atoms with Crippen LogP contribution in [0.3, 0.4) is 0 Å². The standard InChI is InChI=1S/C14H15BrN2O4/c1-8(2)14-16-12(17-21-14)7-20-13-10(15)4-9(6-18)5-11(13)19-3/h4-6,8H,7H2,1-3H3. The number of aromatic nitrogens is 2. The molecule has 112 valence electrons. The third kappa shape index (κ3) is 3.60. The van der Waals surface area contributed by atoms with Gasteiger partial charge in [-0.2, -0.15) is 4.98 Å². The maximum absolute atomic E-state index is 10.8. The second-order valence-electron chi connectivity index (χ2n) is 4.64. The Bertz CT molecular complexity index is 640. The molecule has 0 amide bonds. The number of carbonyl (C=O) groups is 1. The number of hydrogen-bond donors (Lipinski definition) is 0. The maximum atomic E-state index is 10.8. The summed E-state index contributed by atoms with van der Waals surface area (Å²) in [5, 5.41) is 3.85. The highest BCUT2D eigenvalue weighted by atomic mass is 79.9. The van der Waals surface area contributed by atoms with Crippen molar-refractivity contribution in [2.75, 3.05) is 7.11 Å². The van der Waals surface area contributed by atoms with Gasteiger partial charge in [-0.05, 0) is 28.1 Å². The van der Waals surface area contributed by atoms with Crippen molar-refractivity contribution in [3.63, 3.8) is 0 Å². The van der Waals surface area contributed by atoms with E-state index in [1.54, 1.807) is 12.1 Å². The van der Waals surface area contributed by atoms with Gasteiger partial charge in [-0.1, -0.05) is 19.0 Å². The second kappa shape index (κ2) is 6.71. The van der Waals surface area contributed by atoms with Crippen molar-refractivity contribution in [3.8, 4) is 11.5 Å². The summed E-state index contributed by atoms with van der Waals surface area (Å²) in [5.74, 6) is 2.13. The minimum absolute atomic E-state index is 0.144. The quantitative estimate of drug-likeness (QED) is 0.740. The highest BCUT2D eigenvalue weighted by molar-refractivity contribution is 9.10. The molecule has 1 heterocycles. The molecule has 0 aliphatic rings. The first-order chi connectivity index (χ1) is 10.0. The predicted molar refractivity (Wildman–Crippen MR) is 78.8 cm³/mol. The number of ether oxygens (including phenoxy) is 2. The number of rotatable bonds is 6. The zero-order valence-electron chi connectivity index (χ0n) is 11.9. The minimum atomic E-state index is 0.144. The van der Waals surface area contributed by atoms with Gasteiger partial charge in [0.2, 0.25) is 11.7 Å². The Hall–Kier alpha value is -1.89. The smallest absolute Gasteiger partial charge is 0.229 e. The molecule has 7 heteroatoms. The Morgan fingerprint density at radius 2 is 2.19 bits per heavy atom. The summed E-state index contributed by atoms with van der Waals surface area (Å²) in [7, 11) is 1.51. The molecule has 0 unspecified atom stereocenters. The number of methoxy groups -OCH3 is 1. The first-order valence-corrected chi connectivity index (χ1v) is 7.12. The summed E-state index contributed by atoms with van der Waals surface area (Å²) < 4.78 is 16.6. The van der Waals surface area contributed by atoms with Crippen LogP contribution in [0.5, 0.6) is 11.5 Å². The van der Waals surface area contributed by atoms with Crippen LogP contribution in [0.25, 0.3) is 0 Å². The molecule has 0 aliphatic heterocycles. The molecule has 0 fully saturated rings. The number of benzene rings is 1. The zero-order valence-corrected chi connectivity index (χ0v) is 13.5. The van der Waals surface area contributed by atoms with Crippen LogP contribution in [-0.4, -0.2) is 23.5 Å². The Morgan fingerprint density at radius 1 is 1.43 bits per heavy atom.